The smallest absolute Gasteiger partial charge is 0.227 e. The molecule has 0 aromatic rings. The van der Waals surface area contributed by atoms with Gasteiger partial charge in [0, 0.05) is 25.2 Å². The lowest BCUT2D eigenvalue weighted by atomic mass is 9.84. The fraction of sp³-hybridized carbons (Fsp3) is 0.929. The van der Waals surface area contributed by atoms with Gasteiger partial charge in [-0.15, -0.1) is 0 Å². The predicted octanol–water partition coefficient (Wildman–Crippen LogP) is 0.912. The Morgan fingerprint density at radius 1 is 1.22 bits per heavy atom. The summed E-state index contributed by atoms with van der Waals surface area (Å²) in [5.74, 6) is 0.939. The zero-order valence-corrected chi connectivity index (χ0v) is 11.9. The molecule has 1 aliphatic carbocycles. The summed E-state index contributed by atoms with van der Waals surface area (Å²) in [6.07, 6.45) is 4.33. The highest BCUT2D eigenvalue weighted by Gasteiger charge is 2.38. The van der Waals surface area contributed by atoms with E-state index in [2.05, 4.69) is 25.9 Å². The maximum Gasteiger partial charge on any atom is 0.227 e. The Bertz CT molecular complexity index is 305. The van der Waals surface area contributed by atoms with Gasteiger partial charge in [0.1, 0.15) is 0 Å². The number of rotatable bonds is 2. The van der Waals surface area contributed by atoms with E-state index < -0.39 is 0 Å². The van der Waals surface area contributed by atoms with Crippen LogP contribution in [0.2, 0.25) is 0 Å². The van der Waals surface area contributed by atoms with Crippen molar-refractivity contribution in [3.8, 4) is 0 Å². The zero-order chi connectivity index (χ0) is 13.3. The van der Waals surface area contributed by atoms with Crippen molar-refractivity contribution < 1.29 is 4.79 Å². The molecule has 1 amide bonds. The molecule has 0 bridgehead atoms. The van der Waals surface area contributed by atoms with E-state index in [4.69, 9.17) is 5.73 Å². The summed E-state index contributed by atoms with van der Waals surface area (Å²) < 4.78 is 0. The summed E-state index contributed by atoms with van der Waals surface area (Å²) in [7, 11) is 4.20. The van der Waals surface area contributed by atoms with E-state index in [1.165, 1.54) is 6.42 Å². The lowest BCUT2D eigenvalue weighted by Crippen LogP contribution is -2.45. The van der Waals surface area contributed by atoms with E-state index >= 15 is 0 Å². The van der Waals surface area contributed by atoms with Crippen LogP contribution in [0.25, 0.3) is 0 Å². The normalized spacial score (nSPS) is 37.3. The topological polar surface area (TPSA) is 49.6 Å². The van der Waals surface area contributed by atoms with E-state index in [0.29, 0.717) is 17.9 Å². The van der Waals surface area contributed by atoms with Gasteiger partial charge in [0.05, 0.1) is 5.92 Å². The molecule has 4 nitrogen and oxygen atoms in total. The quantitative estimate of drug-likeness (QED) is 0.796. The van der Waals surface area contributed by atoms with Crippen molar-refractivity contribution in [2.45, 2.75) is 44.7 Å². The lowest BCUT2D eigenvalue weighted by Gasteiger charge is -2.31. The first kappa shape index (κ1) is 13.8. The molecule has 1 saturated carbocycles. The largest absolute Gasteiger partial charge is 0.340 e. The van der Waals surface area contributed by atoms with Crippen molar-refractivity contribution in [3.63, 3.8) is 0 Å². The van der Waals surface area contributed by atoms with Crippen molar-refractivity contribution in [1.82, 2.24) is 9.80 Å². The van der Waals surface area contributed by atoms with Crippen LogP contribution < -0.4 is 5.73 Å². The second-order valence-corrected chi connectivity index (χ2v) is 6.31. The van der Waals surface area contributed by atoms with Gasteiger partial charge in [-0.2, -0.15) is 0 Å². The molecule has 1 heterocycles. The number of nitrogens with zero attached hydrogens (tertiary/aromatic N) is 2. The van der Waals surface area contributed by atoms with Gasteiger partial charge in [-0.25, -0.2) is 0 Å². The molecule has 0 spiro atoms. The first-order valence-electron chi connectivity index (χ1n) is 7.21. The molecular weight excluding hydrogens is 226 g/mol. The number of hydrogen-bond acceptors (Lipinski definition) is 3. The molecule has 1 saturated heterocycles. The summed E-state index contributed by atoms with van der Waals surface area (Å²) in [5.41, 5.74) is 6.12. The van der Waals surface area contributed by atoms with E-state index in [0.717, 1.165) is 32.4 Å². The van der Waals surface area contributed by atoms with Crippen LogP contribution in [0.3, 0.4) is 0 Å². The maximum absolute atomic E-state index is 12.6. The fourth-order valence-corrected chi connectivity index (χ4v) is 3.50. The molecular formula is C14H27N3O. The SMILES string of the molecule is CC1CN(C(=O)C2CCCCC2N)CC1N(C)C. The van der Waals surface area contributed by atoms with Crippen LogP contribution in [-0.2, 0) is 4.79 Å². The van der Waals surface area contributed by atoms with Gasteiger partial charge < -0.3 is 15.5 Å². The van der Waals surface area contributed by atoms with Gasteiger partial charge in [-0.3, -0.25) is 4.79 Å². The molecule has 4 unspecified atom stereocenters. The summed E-state index contributed by atoms with van der Waals surface area (Å²) >= 11 is 0. The zero-order valence-electron chi connectivity index (χ0n) is 11.9. The summed E-state index contributed by atoms with van der Waals surface area (Å²) in [4.78, 5) is 16.8. The summed E-state index contributed by atoms with van der Waals surface area (Å²) in [6.45, 7) is 4.00. The van der Waals surface area contributed by atoms with Gasteiger partial charge in [-0.1, -0.05) is 19.8 Å². The standard InChI is InChI=1S/C14H27N3O/c1-10-8-17(9-13(10)16(2)3)14(18)11-6-4-5-7-12(11)15/h10-13H,4-9,15H2,1-3H3. The van der Waals surface area contributed by atoms with Gasteiger partial charge in [0.25, 0.3) is 0 Å². The Labute approximate surface area is 110 Å². The molecule has 4 atom stereocenters. The number of carbonyl (C=O) groups is 1. The number of nitrogens with two attached hydrogens (primary N) is 1. The van der Waals surface area contributed by atoms with Crippen LogP contribution in [0.15, 0.2) is 0 Å². The monoisotopic (exact) mass is 253 g/mol. The van der Waals surface area contributed by atoms with Crippen molar-refractivity contribution in [1.29, 1.82) is 0 Å². The van der Waals surface area contributed by atoms with Crippen molar-refractivity contribution in [2.24, 2.45) is 17.6 Å². The molecule has 18 heavy (non-hydrogen) atoms. The number of hydrogen-bond donors (Lipinski definition) is 1. The van der Waals surface area contributed by atoms with Crippen molar-refractivity contribution in [3.05, 3.63) is 0 Å². The molecule has 0 aromatic carbocycles. The average molecular weight is 253 g/mol. The van der Waals surface area contributed by atoms with Gasteiger partial charge >= 0.3 is 0 Å². The Morgan fingerprint density at radius 2 is 1.89 bits per heavy atom. The minimum absolute atomic E-state index is 0.0758. The first-order valence-corrected chi connectivity index (χ1v) is 7.21. The maximum atomic E-state index is 12.6. The van der Waals surface area contributed by atoms with Crippen LogP contribution in [0.5, 0.6) is 0 Å². The predicted molar refractivity (Wildman–Crippen MR) is 73.2 cm³/mol. The Morgan fingerprint density at radius 3 is 2.44 bits per heavy atom. The number of amides is 1. The molecule has 2 rings (SSSR count). The van der Waals surface area contributed by atoms with E-state index in [-0.39, 0.29) is 12.0 Å². The molecule has 4 heteroatoms. The van der Waals surface area contributed by atoms with E-state index in [1.807, 2.05) is 4.90 Å². The van der Waals surface area contributed by atoms with Crippen molar-refractivity contribution in [2.75, 3.05) is 27.2 Å². The Kier molecular flexibility index (Phi) is 4.28. The third-order valence-corrected chi connectivity index (χ3v) is 4.68. The van der Waals surface area contributed by atoms with Crippen molar-refractivity contribution >= 4 is 5.91 Å². The second-order valence-electron chi connectivity index (χ2n) is 6.31. The van der Waals surface area contributed by atoms with Gasteiger partial charge in [0.2, 0.25) is 5.91 Å². The van der Waals surface area contributed by atoms with Gasteiger partial charge in [-0.05, 0) is 32.9 Å². The molecule has 0 aromatic heterocycles. The summed E-state index contributed by atoms with van der Waals surface area (Å²) in [6, 6.07) is 0.578. The Hall–Kier alpha value is -0.610. The van der Waals surface area contributed by atoms with Crippen LogP contribution in [0.1, 0.15) is 32.6 Å². The molecule has 1 aliphatic heterocycles. The molecule has 2 aliphatic rings. The fourth-order valence-electron chi connectivity index (χ4n) is 3.50. The highest BCUT2D eigenvalue weighted by Crippen LogP contribution is 2.28. The number of carbonyl (C=O) groups excluding carboxylic acids is 1. The van der Waals surface area contributed by atoms with Crippen LogP contribution in [0, 0.1) is 11.8 Å². The van der Waals surface area contributed by atoms with Crippen LogP contribution in [-0.4, -0.2) is 55.0 Å². The second kappa shape index (κ2) is 5.57. The van der Waals surface area contributed by atoms with Crippen LogP contribution >= 0.6 is 0 Å². The molecule has 104 valence electrons. The molecule has 0 radical (unpaired) electrons. The molecule has 2 N–H and O–H groups in total. The number of likely N-dealkylation sites (N-methyl/N-ethyl adjacent to an activating group) is 1. The Balaban J connectivity index is 1.98. The first-order chi connectivity index (χ1) is 8.50. The van der Waals surface area contributed by atoms with E-state index in [9.17, 15) is 4.79 Å². The van der Waals surface area contributed by atoms with Gasteiger partial charge in [0.15, 0.2) is 0 Å². The minimum atomic E-state index is 0.0758. The minimum Gasteiger partial charge on any atom is -0.340 e. The third kappa shape index (κ3) is 2.69. The highest BCUT2D eigenvalue weighted by atomic mass is 16.2. The number of likely N-dealkylation sites (tertiary alicyclic amines) is 1. The van der Waals surface area contributed by atoms with Crippen LogP contribution in [0.4, 0.5) is 0 Å². The van der Waals surface area contributed by atoms with E-state index in [1.54, 1.807) is 0 Å². The molecule has 2 fully saturated rings. The summed E-state index contributed by atoms with van der Waals surface area (Å²) in [5, 5.41) is 0. The average Bonchev–Trinajstić information content (AvgIpc) is 2.71. The lowest BCUT2D eigenvalue weighted by molar-refractivity contribution is -0.136. The highest BCUT2D eigenvalue weighted by molar-refractivity contribution is 5.80. The third-order valence-electron chi connectivity index (χ3n) is 4.68.